The van der Waals surface area contributed by atoms with E-state index in [-0.39, 0.29) is 18.6 Å². The molecule has 0 aromatic heterocycles. The minimum absolute atomic E-state index is 0.0332. The van der Waals surface area contributed by atoms with Crippen molar-refractivity contribution in [3.63, 3.8) is 0 Å². The van der Waals surface area contributed by atoms with Crippen LogP contribution in [0.15, 0.2) is 18.2 Å². The number of carbonyl (C=O) groups excluding carboxylic acids is 1. The van der Waals surface area contributed by atoms with Gasteiger partial charge in [-0.15, -0.1) is 0 Å². The maximum atomic E-state index is 11.9. The molecule has 1 aliphatic heterocycles. The Kier molecular flexibility index (Phi) is 5.85. The SMILES string of the molecule is COCCOC1CN(C(=O)COc2ccc(Cl)c(C)c2)C1. The van der Waals surface area contributed by atoms with Gasteiger partial charge in [-0.05, 0) is 30.7 Å². The highest BCUT2D eigenvalue weighted by Gasteiger charge is 2.31. The van der Waals surface area contributed by atoms with Crippen LogP contribution in [0.5, 0.6) is 5.75 Å². The first-order chi connectivity index (χ1) is 10.1. The third kappa shape index (κ3) is 4.59. The first kappa shape index (κ1) is 16.1. The van der Waals surface area contributed by atoms with Crippen LogP contribution in [-0.2, 0) is 14.3 Å². The van der Waals surface area contributed by atoms with Crippen molar-refractivity contribution < 1.29 is 19.0 Å². The third-order valence-electron chi connectivity index (χ3n) is 3.33. The maximum Gasteiger partial charge on any atom is 0.260 e. The van der Waals surface area contributed by atoms with Crippen LogP contribution in [0.3, 0.4) is 0 Å². The number of likely N-dealkylation sites (tertiary alicyclic amines) is 1. The van der Waals surface area contributed by atoms with E-state index >= 15 is 0 Å². The second-order valence-electron chi connectivity index (χ2n) is 4.98. The van der Waals surface area contributed by atoms with Gasteiger partial charge in [0.15, 0.2) is 6.61 Å². The Morgan fingerprint density at radius 2 is 2.14 bits per heavy atom. The molecule has 0 saturated carbocycles. The molecule has 21 heavy (non-hydrogen) atoms. The first-order valence-electron chi connectivity index (χ1n) is 6.87. The number of ether oxygens (including phenoxy) is 3. The molecule has 2 rings (SSSR count). The molecule has 0 atom stereocenters. The van der Waals surface area contributed by atoms with Crippen molar-refractivity contribution >= 4 is 17.5 Å². The molecule has 1 fully saturated rings. The van der Waals surface area contributed by atoms with E-state index in [2.05, 4.69) is 0 Å². The summed E-state index contributed by atoms with van der Waals surface area (Å²) in [5.41, 5.74) is 0.928. The molecule has 6 heteroatoms. The van der Waals surface area contributed by atoms with Crippen molar-refractivity contribution in [2.45, 2.75) is 13.0 Å². The Balaban J connectivity index is 1.68. The van der Waals surface area contributed by atoms with Crippen molar-refractivity contribution in [3.05, 3.63) is 28.8 Å². The molecule has 0 spiro atoms. The molecule has 0 N–H and O–H groups in total. The van der Waals surface area contributed by atoms with E-state index < -0.39 is 0 Å². The Morgan fingerprint density at radius 3 is 2.81 bits per heavy atom. The number of benzene rings is 1. The molecule has 0 unspecified atom stereocenters. The highest BCUT2D eigenvalue weighted by molar-refractivity contribution is 6.31. The number of methoxy groups -OCH3 is 1. The number of halogens is 1. The normalized spacial score (nSPS) is 14.9. The first-order valence-corrected chi connectivity index (χ1v) is 7.25. The Morgan fingerprint density at radius 1 is 1.38 bits per heavy atom. The molecule has 1 heterocycles. The zero-order valence-corrected chi connectivity index (χ0v) is 13.1. The number of hydrogen-bond acceptors (Lipinski definition) is 4. The summed E-state index contributed by atoms with van der Waals surface area (Å²) >= 11 is 5.94. The number of hydrogen-bond donors (Lipinski definition) is 0. The quantitative estimate of drug-likeness (QED) is 0.721. The average Bonchev–Trinajstić information content (AvgIpc) is 2.42. The van der Waals surface area contributed by atoms with Crippen LogP contribution in [0, 0.1) is 6.92 Å². The molecule has 116 valence electrons. The standard InChI is InChI=1S/C15H20ClNO4/c1-11-7-12(3-4-14(11)16)21-10-15(18)17-8-13(9-17)20-6-5-19-2/h3-4,7,13H,5-6,8-10H2,1-2H3. The summed E-state index contributed by atoms with van der Waals surface area (Å²) in [6.07, 6.45) is 0.113. The zero-order valence-electron chi connectivity index (χ0n) is 12.3. The fourth-order valence-electron chi connectivity index (χ4n) is 1.99. The van der Waals surface area contributed by atoms with E-state index in [1.54, 1.807) is 24.1 Å². The summed E-state index contributed by atoms with van der Waals surface area (Å²) in [6.45, 7) is 4.30. The van der Waals surface area contributed by atoms with Gasteiger partial charge in [-0.1, -0.05) is 11.6 Å². The highest BCUT2D eigenvalue weighted by Crippen LogP contribution is 2.21. The monoisotopic (exact) mass is 313 g/mol. The van der Waals surface area contributed by atoms with Crippen LogP contribution in [0.1, 0.15) is 5.56 Å². The van der Waals surface area contributed by atoms with Gasteiger partial charge in [-0.2, -0.15) is 0 Å². The van der Waals surface area contributed by atoms with Crippen LogP contribution < -0.4 is 4.74 Å². The van der Waals surface area contributed by atoms with Gasteiger partial charge in [0.1, 0.15) is 5.75 Å². The van der Waals surface area contributed by atoms with Gasteiger partial charge in [-0.3, -0.25) is 4.79 Å². The minimum Gasteiger partial charge on any atom is -0.484 e. The van der Waals surface area contributed by atoms with Gasteiger partial charge in [0, 0.05) is 25.2 Å². The number of nitrogens with zero attached hydrogens (tertiary/aromatic N) is 1. The lowest BCUT2D eigenvalue weighted by Crippen LogP contribution is -2.56. The number of rotatable bonds is 7. The Labute approximate surface area is 129 Å². The van der Waals surface area contributed by atoms with E-state index in [1.807, 2.05) is 13.0 Å². The van der Waals surface area contributed by atoms with E-state index in [0.717, 1.165) is 5.56 Å². The van der Waals surface area contributed by atoms with Gasteiger partial charge >= 0.3 is 0 Å². The van der Waals surface area contributed by atoms with Gasteiger partial charge in [-0.25, -0.2) is 0 Å². The predicted octanol–water partition coefficient (Wildman–Crippen LogP) is 1.90. The smallest absolute Gasteiger partial charge is 0.260 e. The Bertz CT molecular complexity index is 489. The molecule has 1 aliphatic rings. The summed E-state index contributed by atoms with van der Waals surface area (Å²) in [5, 5.41) is 0.687. The fraction of sp³-hybridized carbons (Fsp3) is 0.533. The second kappa shape index (κ2) is 7.64. The van der Waals surface area contributed by atoms with Crippen molar-refractivity contribution in [1.29, 1.82) is 0 Å². The molecule has 1 aromatic rings. The molecule has 1 saturated heterocycles. The van der Waals surface area contributed by atoms with E-state index in [0.29, 0.717) is 37.1 Å². The van der Waals surface area contributed by atoms with E-state index in [4.69, 9.17) is 25.8 Å². The molecule has 5 nitrogen and oxygen atoms in total. The van der Waals surface area contributed by atoms with E-state index in [1.165, 1.54) is 0 Å². The van der Waals surface area contributed by atoms with Crippen LogP contribution in [0.2, 0.25) is 5.02 Å². The third-order valence-corrected chi connectivity index (χ3v) is 3.76. The summed E-state index contributed by atoms with van der Waals surface area (Å²) in [4.78, 5) is 13.6. The molecular formula is C15H20ClNO4. The lowest BCUT2D eigenvalue weighted by Gasteiger charge is -2.38. The van der Waals surface area contributed by atoms with Gasteiger partial charge in [0.05, 0.1) is 19.3 Å². The van der Waals surface area contributed by atoms with Crippen LogP contribution in [0.4, 0.5) is 0 Å². The van der Waals surface area contributed by atoms with Crippen LogP contribution in [0.25, 0.3) is 0 Å². The topological polar surface area (TPSA) is 48.0 Å². The number of amides is 1. The number of carbonyl (C=O) groups is 1. The van der Waals surface area contributed by atoms with Crippen molar-refractivity contribution in [1.82, 2.24) is 4.90 Å². The summed E-state index contributed by atoms with van der Waals surface area (Å²) in [6, 6.07) is 5.35. The summed E-state index contributed by atoms with van der Waals surface area (Å²) in [5.74, 6) is 0.618. The van der Waals surface area contributed by atoms with Crippen LogP contribution >= 0.6 is 11.6 Å². The van der Waals surface area contributed by atoms with Crippen molar-refractivity contribution in [2.24, 2.45) is 0 Å². The molecule has 1 aromatic carbocycles. The molecule has 1 amide bonds. The van der Waals surface area contributed by atoms with Gasteiger partial charge in [0.2, 0.25) is 0 Å². The predicted molar refractivity (Wildman–Crippen MR) is 79.9 cm³/mol. The lowest BCUT2D eigenvalue weighted by atomic mass is 10.1. The van der Waals surface area contributed by atoms with Gasteiger partial charge in [0.25, 0.3) is 5.91 Å². The zero-order chi connectivity index (χ0) is 15.2. The molecule has 0 radical (unpaired) electrons. The molecule has 0 aliphatic carbocycles. The average molecular weight is 314 g/mol. The van der Waals surface area contributed by atoms with Gasteiger partial charge < -0.3 is 19.1 Å². The summed E-state index contributed by atoms with van der Waals surface area (Å²) < 4.78 is 15.9. The second-order valence-corrected chi connectivity index (χ2v) is 5.39. The fourth-order valence-corrected chi connectivity index (χ4v) is 2.11. The van der Waals surface area contributed by atoms with Crippen molar-refractivity contribution in [2.75, 3.05) is 40.0 Å². The Hall–Kier alpha value is -1.30. The molecule has 0 bridgehead atoms. The number of aryl methyl sites for hydroxylation is 1. The lowest BCUT2D eigenvalue weighted by molar-refractivity contribution is -0.147. The largest absolute Gasteiger partial charge is 0.484 e. The van der Waals surface area contributed by atoms with E-state index in [9.17, 15) is 4.79 Å². The highest BCUT2D eigenvalue weighted by atomic mass is 35.5. The van der Waals surface area contributed by atoms with Crippen LogP contribution in [-0.4, -0.2) is 56.9 Å². The summed E-state index contributed by atoms with van der Waals surface area (Å²) in [7, 11) is 1.63. The van der Waals surface area contributed by atoms with Crippen molar-refractivity contribution in [3.8, 4) is 5.75 Å². The minimum atomic E-state index is -0.0332. The molecular weight excluding hydrogens is 294 g/mol. The maximum absolute atomic E-state index is 11.9.